The minimum absolute atomic E-state index is 0.512. The fraction of sp³-hybridized carbons (Fsp3) is 0.400. The smallest absolute Gasteiger partial charge is 0.0863 e. The standard InChI is InChI=1S/C15H19N3O2/c16-13-1-2-14(11-3-6-17-9-12(11)13)18-10-15(19)4-7-20-8-5-15/h1-3,6,9,18-19H,4-5,7-8,10,16H2. The predicted octanol–water partition coefficient (Wildman–Crippen LogP) is 1.77. The first kappa shape index (κ1) is 13.1. The number of fused-ring (bicyclic) bond motifs is 1. The van der Waals surface area contributed by atoms with Gasteiger partial charge in [0, 0.05) is 67.1 Å². The number of aliphatic hydroxyl groups is 1. The van der Waals surface area contributed by atoms with E-state index in [4.69, 9.17) is 10.5 Å². The lowest BCUT2D eigenvalue weighted by atomic mass is 9.94. The van der Waals surface area contributed by atoms with Gasteiger partial charge in [0.1, 0.15) is 0 Å². The quantitative estimate of drug-likeness (QED) is 0.743. The summed E-state index contributed by atoms with van der Waals surface area (Å²) in [6, 6.07) is 5.74. The highest BCUT2D eigenvalue weighted by molar-refractivity contribution is 6.00. The van der Waals surface area contributed by atoms with E-state index in [1.807, 2.05) is 18.2 Å². The van der Waals surface area contributed by atoms with Crippen LogP contribution >= 0.6 is 0 Å². The Morgan fingerprint density at radius 3 is 2.85 bits per heavy atom. The third-order valence-electron chi connectivity index (χ3n) is 3.88. The number of hydrogen-bond acceptors (Lipinski definition) is 5. The van der Waals surface area contributed by atoms with Gasteiger partial charge in [0.05, 0.1) is 5.60 Å². The lowest BCUT2D eigenvalue weighted by Crippen LogP contribution is -2.42. The summed E-state index contributed by atoms with van der Waals surface area (Å²) in [6.07, 6.45) is 4.83. The third-order valence-corrected chi connectivity index (χ3v) is 3.88. The molecule has 1 aliphatic heterocycles. The van der Waals surface area contributed by atoms with Crippen LogP contribution in [0.2, 0.25) is 0 Å². The fourth-order valence-corrected chi connectivity index (χ4v) is 2.55. The number of ether oxygens (including phenoxy) is 1. The van der Waals surface area contributed by atoms with Crippen LogP contribution in [-0.2, 0) is 4.74 Å². The molecule has 0 saturated carbocycles. The van der Waals surface area contributed by atoms with E-state index in [0.29, 0.717) is 38.3 Å². The van der Waals surface area contributed by atoms with Crippen LogP contribution in [0, 0.1) is 0 Å². The zero-order chi connectivity index (χ0) is 14.0. The summed E-state index contributed by atoms with van der Waals surface area (Å²) in [5.74, 6) is 0. The van der Waals surface area contributed by atoms with Crippen molar-refractivity contribution in [1.82, 2.24) is 4.98 Å². The van der Waals surface area contributed by atoms with Crippen LogP contribution in [0.5, 0.6) is 0 Å². The van der Waals surface area contributed by atoms with E-state index in [0.717, 1.165) is 16.5 Å². The van der Waals surface area contributed by atoms with Crippen molar-refractivity contribution in [3.05, 3.63) is 30.6 Å². The maximum atomic E-state index is 10.5. The molecule has 5 heteroatoms. The van der Waals surface area contributed by atoms with Crippen LogP contribution in [-0.4, -0.2) is 35.5 Å². The molecule has 20 heavy (non-hydrogen) atoms. The van der Waals surface area contributed by atoms with Crippen molar-refractivity contribution in [2.24, 2.45) is 0 Å². The van der Waals surface area contributed by atoms with Gasteiger partial charge in [0.2, 0.25) is 0 Å². The van der Waals surface area contributed by atoms with Gasteiger partial charge in [-0.25, -0.2) is 0 Å². The zero-order valence-corrected chi connectivity index (χ0v) is 11.3. The van der Waals surface area contributed by atoms with Crippen LogP contribution in [0.1, 0.15) is 12.8 Å². The minimum Gasteiger partial charge on any atom is -0.398 e. The van der Waals surface area contributed by atoms with Crippen LogP contribution < -0.4 is 11.1 Å². The Balaban J connectivity index is 1.82. The van der Waals surface area contributed by atoms with Gasteiger partial charge < -0.3 is 20.9 Å². The molecule has 5 nitrogen and oxygen atoms in total. The van der Waals surface area contributed by atoms with Crippen molar-refractivity contribution in [1.29, 1.82) is 0 Å². The molecule has 1 aliphatic rings. The van der Waals surface area contributed by atoms with Crippen LogP contribution in [0.3, 0.4) is 0 Å². The van der Waals surface area contributed by atoms with E-state index < -0.39 is 5.60 Å². The number of benzene rings is 1. The summed E-state index contributed by atoms with van der Waals surface area (Å²) in [5, 5.41) is 15.8. The molecule has 1 saturated heterocycles. The Hall–Kier alpha value is -1.85. The predicted molar refractivity (Wildman–Crippen MR) is 79.6 cm³/mol. The molecule has 0 radical (unpaired) electrons. The first-order valence-electron chi connectivity index (χ1n) is 6.84. The first-order chi connectivity index (χ1) is 9.68. The molecule has 2 aromatic rings. The molecule has 1 aromatic heterocycles. The molecule has 106 valence electrons. The van der Waals surface area contributed by atoms with Gasteiger partial charge >= 0.3 is 0 Å². The van der Waals surface area contributed by atoms with Crippen molar-refractivity contribution in [3.8, 4) is 0 Å². The number of hydrogen-bond donors (Lipinski definition) is 3. The molecular formula is C15H19N3O2. The van der Waals surface area contributed by atoms with E-state index in [-0.39, 0.29) is 0 Å². The average molecular weight is 273 g/mol. The lowest BCUT2D eigenvalue weighted by molar-refractivity contribution is -0.0543. The van der Waals surface area contributed by atoms with Gasteiger partial charge in [-0.3, -0.25) is 4.98 Å². The maximum Gasteiger partial charge on any atom is 0.0863 e. The molecule has 4 N–H and O–H groups in total. The maximum absolute atomic E-state index is 10.5. The number of nitrogens with one attached hydrogen (secondary N) is 1. The zero-order valence-electron chi connectivity index (χ0n) is 11.3. The van der Waals surface area contributed by atoms with Gasteiger partial charge in [-0.15, -0.1) is 0 Å². The molecule has 0 bridgehead atoms. The minimum atomic E-state index is -0.695. The molecule has 2 heterocycles. The summed E-state index contributed by atoms with van der Waals surface area (Å²) >= 11 is 0. The van der Waals surface area contributed by atoms with E-state index in [1.54, 1.807) is 12.4 Å². The second-order valence-corrected chi connectivity index (χ2v) is 5.31. The number of nitrogens with two attached hydrogens (primary N) is 1. The second kappa shape index (κ2) is 5.26. The molecule has 1 fully saturated rings. The van der Waals surface area contributed by atoms with Gasteiger partial charge in [0.25, 0.3) is 0 Å². The number of nitrogens with zero attached hydrogens (tertiary/aromatic N) is 1. The molecule has 1 aromatic carbocycles. The van der Waals surface area contributed by atoms with Gasteiger partial charge in [-0.05, 0) is 18.2 Å². The summed E-state index contributed by atoms with van der Waals surface area (Å²) in [5.41, 5.74) is 6.94. The van der Waals surface area contributed by atoms with Gasteiger partial charge in [-0.1, -0.05) is 0 Å². The summed E-state index contributed by atoms with van der Waals surface area (Å²) in [6.45, 7) is 1.74. The van der Waals surface area contributed by atoms with Crippen LogP contribution in [0.4, 0.5) is 11.4 Å². The summed E-state index contributed by atoms with van der Waals surface area (Å²) in [7, 11) is 0. The second-order valence-electron chi connectivity index (χ2n) is 5.31. The molecule has 0 aliphatic carbocycles. The monoisotopic (exact) mass is 273 g/mol. The molecule has 0 atom stereocenters. The van der Waals surface area contributed by atoms with E-state index >= 15 is 0 Å². The lowest BCUT2D eigenvalue weighted by Gasteiger charge is -2.32. The number of anilines is 2. The van der Waals surface area contributed by atoms with Crippen molar-refractivity contribution in [3.63, 3.8) is 0 Å². The van der Waals surface area contributed by atoms with Crippen molar-refractivity contribution in [2.75, 3.05) is 30.8 Å². The summed E-state index contributed by atoms with van der Waals surface area (Å²) < 4.78 is 5.29. The normalized spacial score (nSPS) is 18.1. The van der Waals surface area contributed by atoms with Crippen LogP contribution in [0.25, 0.3) is 10.8 Å². The van der Waals surface area contributed by atoms with Crippen LogP contribution in [0.15, 0.2) is 30.6 Å². The van der Waals surface area contributed by atoms with Crippen molar-refractivity contribution < 1.29 is 9.84 Å². The van der Waals surface area contributed by atoms with E-state index in [1.165, 1.54) is 0 Å². The van der Waals surface area contributed by atoms with E-state index in [2.05, 4.69) is 10.3 Å². The number of rotatable bonds is 3. The molecule has 3 rings (SSSR count). The van der Waals surface area contributed by atoms with Gasteiger partial charge in [0.15, 0.2) is 0 Å². The first-order valence-corrected chi connectivity index (χ1v) is 6.84. The highest BCUT2D eigenvalue weighted by atomic mass is 16.5. The Bertz CT molecular complexity index is 609. The molecular weight excluding hydrogens is 254 g/mol. The number of nitrogen functional groups attached to an aromatic ring is 1. The number of aromatic nitrogens is 1. The Labute approximate surface area is 117 Å². The molecule has 0 spiro atoms. The average Bonchev–Trinajstić information content (AvgIpc) is 2.48. The fourth-order valence-electron chi connectivity index (χ4n) is 2.55. The van der Waals surface area contributed by atoms with Crippen molar-refractivity contribution in [2.45, 2.75) is 18.4 Å². The third kappa shape index (κ3) is 2.55. The Kier molecular flexibility index (Phi) is 3.46. The highest BCUT2D eigenvalue weighted by Crippen LogP contribution is 2.29. The number of pyridine rings is 1. The Morgan fingerprint density at radius 2 is 2.05 bits per heavy atom. The SMILES string of the molecule is Nc1ccc(NCC2(O)CCOCC2)c2ccncc12. The largest absolute Gasteiger partial charge is 0.398 e. The Morgan fingerprint density at radius 1 is 1.25 bits per heavy atom. The van der Waals surface area contributed by atoms with Crippen molar-refractivity contribution >= 4 is 22.1 Å². The highest BCUT2D eigenvalue weighted by Gasteiger charge is 2.29. The summed E-state index contributed by atoms with van der Waals surface area (Å²) in [4.78, 5) is 4.10. The van der Waals surface area contributed by atoms with Gasteiger partial charge in [-0.2, -0.15) is 0 Å². The van der Waals surface area contributed by atoms with E-state index in [9.17, 15) is 5.11 Å². The molecule has 0 unspecified atom stereocenters. The molecule has 0 amide bonds. The topological polar surface area (TPSA) is 80.4 Å².